The van der Waals surface area contributed by atoms with Crippen molar-refractivity contribution in [2.24, 2.45) is 5.92 Å². The maximum absolute atomic E-state index is 12.8. The van der Waals surface area contributed by atoms with Crippen LogP contribution in [0.1, 0.15) is 33.6 Å². The molecule has 0 saturated carbocycles. The quantitative estimate of drug-likeness (QED) is 0.589. The summed E-state index contributed by atoms with van der Waals surface area (Å²) in [6.07, 6.45) is 0.909. The van der Waals surface area contributed by atoms with Gasteiger partial charge in [0.2, 0.25) is 15.0 Å². The van der Waals surface area contributed by atoms with Crippen molar-refractivity contribution in [1.82, 2.24) is 14.9 Å². The van der Waals surface area contributed by atoms with Gasteiger partial charge in [0.1, 0.15) is 5.60 Å². The second kappa shape index (κ2) is 7.62. The maximum atomic E-state index is 12.8. The van der Waals surface area contributed by atoms with Crippen molar-refractivity contribution in [3.63, 3.8) is 0 Å². The molecule has 1 saturated heterocycles. The molecule has 1 aromatic carbocycles. The number of carbonyl (C=O) groups is 1. The Labute approximate surface area is 168 Å². The fourth-order valence-electron chi connectivity index (χ4n) is 3.32. The molecule has 0 radical (unpaired) electrons. The monoisotopic (exact) mass is 424 g/mol. The van der Waals surface area contributed by atoms with Gasteiger partial charge in [-0.2, -0.15) is 0 Å². The predicted octanol–water partition coefficient (Wildman–Crippen LogP) is 2.89. The molecular formula is C18H24N4O6S. The van der Waals surface area contributed by atoms with Crippen LogP contribution in [-0.4, -0.2) is 58.7 Å². The number of nitrogens with zero attached hydrogens (tertiary/aromatic N) is 3. The number of H-pyrrole nitrogens is 1. The molecule has 11 heteroatoms. The first-order valence-electron chi connectivity index (χ1n) is 9.29. The number of nitro benzene ring substituents is 1. The van der Waals surface area contributed by atoms with Gasteiger partial charge in [0, 0.05) is 25.2 Å². The van der Waals surface area contributed by atoms with Gasteiger partial charge < -0.3 is 14.6 Å². The first-order valence-corrected chi connectivity index (χ1v) is 10.9. The van der Waals surface area contributed by atoms with Gasteiger partial charge in [0.05, 0.1) is 21.7 Å². The lowest BCUT2D eigenvalue weighted by Gasteiger charge is -2.33. The number of amides is 1. The van der Waals surface area contributed by atoms with Crippen molar-refractivity contribution in [2.75, 3.05) is 18.8 Å². The predicted molar refractivity (Wildman–Crippen MR) is 105 cm³/mol. The molecule has 3 rings (SSSR count). The zero-order valence-corrected chi connectivity index (χ0v) is 17.4. The standard InChI is InChI=1S/C18H24N4O6S/c1-18(2,3)28-17(23)21-8-4-5-12(10-21)11-29(26,27)16-19-14-7-6-13(22(24)25)9-15(14)20-16/h6-7,9,12H,4-5,8,10-11H2,1-3H3,(H,19,20)/t12-/m0/s1. The highest BCUT2D eigenvalue weighted by molar-refractivity contribution is 7.91. The van der Waals surface area contributed by atoms with E-state index in [1.165, 1.54) is 23.1 Å². The molecule has 1 fully saturated rings. The lowest BCUT2D eigenvalue weighted by Crippen LogP contribution is -2.44. The van der Waals surface area contributed by atoms with Gasteiger partial charge in [-0.3, -0.25) is 10.1 Å². The topological polar surface area (TPSA) is 136 Å². The summed E-state index contributed by atoms with van der Waals surface area (Å²) in [5, 5.41) is 10.7. The number of rotatable bonds is 4. The lowest BCUT2D eigenvalue weighted by molar-refractivity contribution is -0.384. The smallest absolute Gasteiger partial charge is 0.410 e. The normalized spacial score (nSPS) is 18.0. The van der Waals surface area contributed by atoms with Gasteiger partial charge in [-0.25, -0.2) is 18.2 Å². The Morgan fingerprint density at radius 3 is 2.79 bits per heavy atom. The van der Waals surface area contributed by atoms with Crippen molar-refractivity contribution in [3.8, 4) is 0 Å². The van der Waals surface area contributed by atoms with E-state index in [0.717, 1.165) is 0 Å². The molecule has 2 heterocycles. The van der Waals surface area contributed by atoms with Crippen molar-refractivity contribution in [1.29, 1.82) is 0 Å². The fourth-order valence-corrected chi connectivity index (χ4v) is 4.87. The summed E-state index contributed by atoms with van der Waals surface area (Å²) in [6.45, 7) is 6.16. The van der Waals surface area contributed by atoms with E-state index in [1.54, 1.807) is 20.8 Å². The third kappa shape index (κ3) is 5.03. The minimum absolute atomic E-state index is 0.148. The molecule has 1 amide bonds. The van der Waals surface area contributed by atoms with Crippen LogP contribution in [0.3, 0.4) is 0 Å². The Kier molecular flexibility index (Phi) is 5.52. The highest BCUT2D eigenvalue weighted by Gasteiger charge is 2.32. The Hall–Kier alpha value is -2.69. The number of nitrogens with one attached hydrogen (secondary N) is 1. The van der Waals surface area contributed by atoms with Crippen molar-refractivity contribution < 1.29 is 22.9 Å². The molecule has 2 aromatic rings. The Morgan fingerprint density at radius 2 is 2.14 bits per heavy atom. The third-order valence-corrected chi connectivity index (χ3v) is 6.27. The first-order chi connectivity index (χ1) is 13.4. The minimum atomic E-state index is -3.75. The number of non-ortho nitro benzene ring substituents is 1. The molecule has 29 heavy (non-hydrogen) atoms. The van der Waals surface area contributed by atoms with Gasteiger partial charge in [-0.1, -0.05) is 0 Å². The van der Waals surface area contributed by atoms with E-state index in [-0.39, 0.29) is 28.0 Å². The van der Waals surface area contributed by atoms with Crippen LogP contribution in [0.2, 0.25) is 0 Å². The minimum Gasteiger partial charge on any atom is -0.444 e. The summed E-state index contributed by atoms with van der Waals surface area (Å²) < 4.78 is 31.0. The number of sulfone groups is 1. The zero-order chi connectivity index (χ0) is 21.4. The number of likely N-dealkylation sites (tertiary alicyclic amines) is 1. The van der Waals surface area contributed by atoms with Gasteiger partial charge in [0.25, 0.3) is 5.69 Å². The number of aromatic amines is 1. The first kappa shape index (κ1) is 21.0. The van der Waals surface area contributed by atoms with Crippen LogP contribution in [-0.2, 0) is 14.6 Å². The zero-order valence-electron chi connectivity index (χ0n) is 16.5. The van der Waals surface area contributed by atoms with Gasteiger partial charge in [0.15, 0.2) is 0 Å². The van der Waals surface area contributed by atoms with Crippen LogP contribution in [0.25, 0.3) is 11.0 Å². The molecule has 1 aliphatic rings. The molecule has 10 nitrogen and oxygen atoms in total. The average molecular weight is 424 g/mol. The van der Waals surface area contributed by atoms with E-state index in [2.05, 4.69) is 9.97 Å². The number of ether oxygens (including phenoxy) is 1. The molecule has 1 N–H and O–H groups in total. The number of fused-ring (bicyclic) bond motifs is 1. The van der Waals surface area contributed by atoms with Gasteiger partial charge >= 0.3 is 6.09 Å². The number of carbonyl (C=O) groups excluding carboxylic acids is 1. The lowest BCUT2D eigenvalue weighted by atomic mass is 10.0. The fraction of sp³-hybridized carbons (Fsp3) is 0.556. The molecule has 0 unspecified atom stereocenters. The van der Waals surface area contributed by atoms with E-state index in [1.807, 2.05) is 0 Å². The molecule has 1 atom stereocenters. The van der Waals surface area contributed by atoms with Crippen LogP contribution in [0, 0.1) is 16.0 Å². The summed E-state index contributed by atoms with van der Waals surface area (Å²) in [4.78, 5) is 30.9. The van der Waals surface area contributed by atoms with Crippen LogP contribution in [0.5, 0.6) is 0 Å². The summed E-state index contributed by atoms with van der Waals surface area (Å²) >= 11 is 0. The Morgan fingerprint density at radius 1 is 1.41 bits per heavy atom. The van der Waals surface area contributed by atoms with E-state index >= 15 is 0 Å². The van der Waals surface area contributed by atoms with Crippen molar-refractivity contribution in [3.05, 3.63) is 28.3 Å². The molecular weight excluding hydrogens is 400 g/mol. The van der Waals surface area contributed by atoms with E-state index < -0.39 is 26.5 Å². The number of piperidine rings is 1. The number of benzene rings is 1. The highest BCUT2D eigenvalue weighted by atomic mass is 32.2. The van der Waals surface area contributed by atoms with E-state index in [4.69, 9.17) is 4.74 Å². The molecule has 0 bridgehead atoms. The van der Waals surface area contributed by atoms with Gasteiger partial charge in [-0.05, 0) is 45.6 Å². The van der Waals surface area contributed by atoms with E-state index in [0.29, 0.717) is 31.4 Å². The van der Waals surface area contributed by atoms with Crippen LogP contribution < -0.4 is 0 Å². The Balaban J connectivity index is 1.74. The second-order valence-electron chi connectivity index (χ2n) is 8.22. The number of hydrogen-bond acceptors (Lipinski definition) is 7. The highest BCUT2D eigenvalue weighted by Crippen LogP contribution is 2.25. The Bertz CT molecular complexity index is 1040. The molecule has 1 aromatic heterocycles. The number of hydrogen-bond donors (Lipinski definition) is 1. The SMILES string of the molecule is CC(C)(C)OC(=O)N1CCC[C@H](CS(=O)(=O)c2nc3ccc([N+](=O)[O-])cc3[nH]2)C1. The van der Waals surface area contributed by atoms with Crippen LogP contribution >= 0.6 is 0 Å². The van der Waals surface area contributed by atoms with Crippen molar-refractivity contribution in [2.45, 2.75) is 44.4 Å². The molecule has 0 spiro atoms. The average Bonchev–Trinajstić information content (AvgIpc) is 3.04. The van der Waals surface area contributed by atoms with Crippen molar-refractivity contribution >= 4 is 32.7 Å². The summed E-state index contributed by atoms with van der Waals surface area (Å²) in [5.74, 6) is -0.419. The second-order valence-corrected chi connectivity index (χ2v) is 10.2. The number of aromatic nitrogens is 2. The summed E-state index contributed by atoms with van der Waals surface area (Å²) in [5.41, 5.74) is -0.136. The van der Waals surface area contributed by atoms with Gasteiger partial charge in [-0.15, -0.1) is 0 Å². The molecule has 1 aliphatic heterocycles. The van der Waals surface area contributed by atoms with Crippen LogP contribution in [0.4, 0.5) is 10.5 Å². The molecule has 0 aliphatic carbocycles. The molecule has 158 valence electrons. The number of imidazole rings is 1. The number of nitro groups is 1. The van der Waals surface area contributed by atoms with E-state index in [9.17, 15) is 23.3 Å². The van der Waals surface area contributed by atoms with Crippen LogP contribution in [0.15, 0.2) is 23.4 Å². The maximum Gasteiger partial charge on any atom is 0.410 e. The summed E-state index contributed by atoms with van der Waals surface area (Å²) in [7, 11) is -3.75. The largest absolute Gasteiger partial charge is 0.444 e. The third-order valence-electron chi connectivity index (χ3n) is 4.57. The summed E-state index contributed by atoms with van der Waals surface area (Å²) in [6, 6.07) is 3.94.